The predicted octanol–water partition coefficient (Wildman–Crippen LogP) is 2.87. The van der Waals surface area contributed by atoms with Crippen LogP contribution in [0.25, 0.3) is 10.9 Å². The summed E-state index contributed by atoms with van der Waals surface area (Å²) in [7, 11) is 1.75. The van der Waals surface area contributed by atoms with Gasteiger partial charge in [0.05, 0.1) is 0 Å². The Kier molecular flexibility index (Phi) is 5.76. The number of rotatable bonds is 7. The number of carbonyl (C=O) groups is 1. The first kappa shape index (κ1) is 18.0. The van der Waals surface area contributed by atoms with Crippen LogP contribution in [0.4, 0.5) is 0 Å². The monoisotopic (exact) mass is 343 g/mol. The molecule has 0 saturated carbocycles. The highest BCUT2D eigenvalue weighted by Gasteiger charge is 2.23. The number of carbonyl (C=O) groups excluding carboxylic acids is 1. The molecule has 25 heavy (non-hydrogen) atoms. The van der Waals surface area contributed by atoms with Gasteiger partial charge in [-0.05, 0) is 56.8 Å². The minimum absolute atomic E-state index is 0.00388. The fourth-order valence-electron chi connectivity index (χ4n) is 3.71. The van der Waals surface area contributed by atoms with E-state index in [9.17, 15) is 4.79 Å². The quantitative estimate of drug-likeness (QED) is 0.760. The number of likely N-dealkylation sites (tertiary alicyclic amines) is 1. The van der Waals surface area contributed by atoms with Gasteiger partial charge in [-0.25, -0.2) is 0 Å². The first-order valence-electron chi connectivity index (χ1n) is 9.17. The van der Waals surface area contributed by atoms with Crippen molar-refractivity contribution in [1.82, 2.24) is 15.2 Å². The molecule has 5 nitrogen and oxygen atoms in total. The Morgan fingerprint density at radius 2 is 2.24 bits per heavy atom. The lowest BCUT2D eigenvalue weighted by Crippen LogP contribution is -2.31. The van der Waals surface area contributed by atoms with E-state index in [0.29, 0.717) is 11.6 Å². The summed E-state index contributed by atoms with van der Waals surface area (Å²) in [5.41, 5.74) is 3.96. The molecule has 1 saturated heterocycles. The molecule has 2 heterocycles. The van der Waals surface area contributed by atoms with E-state index < -0.39 is 0 Å². The topological polar surface area (TPSA) is 57.4 Å². The van der Waals surface area contributed by atoms with Crippen LogP contribution in [-0.2, 0) is 4.74 Å². The second-order valence-corrected chi connectivity index (χ2v) is 7.19. The van der Waals surface area contributed by atoms with Gasteiger partial charge in [-0.15, -0.1) is 0 Å². The smallest absolute Gasteiger partial charge is 0.268 e. The molecule has 1 aromatic carbocycles. The molecule has 2 N–H and O–H groups in total. The van der Waals surface area contributed by atoms with Crippen LogP contribution < -0.4 is 5.32 Å². The minimum Gasteiger partial charge on any atom is -0.385 e. The van der Waals surface area contributed by atoms with Crippen molar-refractivity contribution < 1.29 is 9.53 Å². The molecule has 0 aliphatic carbocycles. The second-order valence-electron chi connectivity index (χ2n) is 7.19. The maximum atomic E-state index is 12.6. The maximum Gasteiger partial charge on any atom is 0.268 e. The highest BCUT2D eigenvalue weighted by Crippen LogP contribution is 2.23. The second kappa shape index (κ2) is 8.02. The van der Waals surface area contributed by atoms with Gasteiger partial charge in [0.25, 0.3) is 5.91 Å². The molecule has 2 aromatic rings. The van der Waals surface area contributed by atoms with E-state index in [-0.39, 0.29) is 5.91 Å². The Hall–Kier alpha value is -1.85. The van der Waals surface area contributed by atoms with Gasteiger partial charge in [0.15, 0.2) is 0 Å². The molecule has 0 spiro atoms. The summed E-state index contributed by atoms with van der Waals surface area (Å²) in [6, 6.07) is 6.24. The number of aromatic nitrogens is 1. The van der Waals surface area contributed by atoms with Crippen molar-refractivity contribution in [2.75, 3.05) is 39.9 Å². The van der Waals surface area contributed by atoms with Crippen molar-refractivity contribution in [2.45, 2.75) is 26.7 Å². The SMILES string of the molecule is COCCCN1CC[C@@H](CNC(=O)c2[nH]c3ccc(C)cc3c2C)C1. The van der Waals surface area contributed by atoms with Gasteiger partial charge in [0.1, 0.15) is 5.69 Å². The van der Waals surface area contributed by atoms with Crippen molar-refractivity contribution in [3.8, 4) is 0 Å². The number of hydrogen-bond donors (Lipinski definition) is 2. The lowest BCUT2D eigenvalue weighted by Gasteiger charge is -2.16. The molecule has 136 valence electrons. The molecular formula is C20H29N3O2. The summed E-state index contributed by atoms with van der Waals surface area (Å²) in [6.07, 6.45) is 2.22. The fourth-order valence-corrected chi connectivity index (χ4v) is 3.71. The molecule has 1 amide bonds. The zero-order chi connectivity index (χ0) is 17.8. The van der Waals surface area contributed by atoms with Crippen LogP contribution in [0, 0.1) is 19.8 Å². The van der Waals surface area contributed by atoms with Gasteiger partial charge in [-0.3, -0.25) is 4.79 Å². The highest BCUT2D eigenvalue weighted by molar-refractivity contribution is 6.01. The van der Waals surface area contributed by atoms with Crippen LogP contribution in [0.15, 0.2) is 18.2 Å². The lowest BCUT2D eigenvalue weighted by atomic mass is 10.1. The first-order valence-corrected chi connectivity index (χ1v) is 9.17. The summed E-state index contributed by atoms with van der Waals surface area (Å²) in [5, 5.41) is 4.26. The fraction of sp³-hybridized carbons (Fsp3) is 0.550. The third-order valence-electron chi connectivity index (χ3n) is 5.18. The number of aryl methyl sites for hydroxylation is 2. The van der Waals surface area contributed by atoms with Crippen molar-refractivity contribution in [3.63, 3.8) is 0 Å². The Morgan fingerprint density at radius 1 is 1.40 bits per heavy atom. The summed E-state index contributed by atoms with van der Waals surface area (Å²) in [5.74, 6) is 0.544. The average molecular weight is 343 g/mol. The number of H-pyrrole nitrogens is 1. The first-order chi connectivity index (χ1) is 12.1. The standard InChI is InChI=1S/C20H29N3O2/c1-14-5-6-18-17(11-14)15(2)19(22-18)20(24)21-12-16-7-9-23(13-16)8-4-10-25-3/h5-6,11,16,22H,4,7-10,12-13H2,1-3H3,(H,21,24)/t16-/m0/s1. The number of fused-ring (bicyclic) bond motifs is 1. The number of nitrogens with zero attached hydrogens (tertiary/aromatic N) is 1. The van der Waals surface area contributed by atoms with Crippen LogP contribution in [0.2, 0.25) is 0 Å². The molecular weight excluding hydrogens is 314 g/mol. The summed E-state index contributed by atoms with van der Waals surface area (Å²) in [6.45, 7) is 8.91. The molecule has 1 aromatic heterocycles. The van der Waals surface area contributed by atoms with E-state index in [1.807, 2.05) is 13.0 Å². The van der Waals surface area contributed by atoms with Gasteiger partial charge >= 0.3 is 0 Å². The van der Waals surface area contributed by atoms with Gasteiger partial charge in [0.2, 0.25) is 0 Å². The molecule has 0 radical (unpaired) electrons. The number of aromatic amines is 1. The zero-order valence-electron chi connectivity index (χ0n) is 15.5. The molecule has 0 unspecified atom stereocenters. The number of nitrogens with one attached hydrogen (secondary N) is 2. The summed E-state index contributed by atoms with van der Waals surface area (Å²) >= 11 is 0. The number of ether oxygens (including phenoxy) is 1. The van der Waals surface area contributed by atoms with Gasteiger partial charge < -0.3 is 19.9 Å². The minimum atomic E-state index is 0.00388. The van der Waals surface area contributed by atoms with E-state index in [1.54, 1.807) is 7.11 Å². The van der Waals surface area contributed by atoms with Crippen molar-refractivity contribution in [1.29, 1.82) is 0 Å². The Morgan fingerprint density at radius 3 is 3.04 bits per heavy atom. The molecule has 1 aliphatic heterocycles. The average Bonchev–Trinajstić information content (AvgIpc) is 3.18. The van der Waals surface area contributed by atoms with E-state index in [0.717, 1.165) is 62.1 Å². The van der Waals surface area contributed by atoms with E-state index in [2.05, 4.69) is 34.3 Å². The summed E-state index contributed by atoms with van der Waals surface area (Å²) in [4.78, 5) is 18.3. The van der Waals surface area contributed by atoms with E-state index in [1.165, 1.54) is 5.56 Å². The van der Waals surface area contributed by atoms with Crippen molar-refractivity contribution >= 4 is 16.8 Å². The number of hydrogen-bond acceptors (Lipinski definition) is 3. The Bertz CT molecular complexity index is 738. The normalized spacial score (nSPS) is 18.1. The molecule has 3 rings (SSSR count). The van der Waals surface area contributed by atoms with E-state index in [4.69, 9.17) is 4.74 Å². The van der Waals surface area contributed by atoms with Crippen LogP contribution in [0.5, 0.6) is 0 Å². The predicted molar refractivity (Wildman–Crippen MR) is 101 cm³/mol. The lowest BCUT2D eigenvalue weighted by molar-refractivity contribution is 0.0942. The number of methoxy groups -OCH3 is 1. The van der Waals surface area contributed by atoms with Gasteiger partial charge in [-0.1, -0.05) is 11.6 Å². The van der Waals surface area contributed by atoms with Crippen molar-refractivity contribution in [2.24, 2.45) is 5.92 Å². The van der Waals surface area contributed by atoms with Crippen LogP contribution in [0.1, 0.15) is 34.5 Å². The van der Waals surface area contributed by atoms with Crippen LogP contribution >= 0.6 is 0 Å². The van der Waals surface area contributed by atoms with Gasteiger partial charge in [-0.2, -0.15) is 0 Å². The molecule has 0 bridgehead atoms. The molecule has 5 heteroatoms. The number of benzene rings is 1. The third-order valence-corrected chi connectivity index (χ3v) is 5.18. The molecule has 1 atom stereocenters. The van der Waals surface area contributed by atoms with Crippen LogP contribution in [0.3, 0.4) is 0 Å². The Labute approximate surface area is 149 Å². The van der Waals surface area contributed by atoms with Crippen LogP contribution in [-0.4, -0.2) is 55.7 Å². The van der Waals surface area contributed by atoms with Gasteiger partial charge in [0, 0.05) is 44.3 Å². The largest absolute Gasteiger partial charge is 0.385 e. The molecule has 1 aliphatic rings. The maximum absolute atomic E-state index is 12.6. The third kappa shape index (κ3) is 4.22. The molecule has 1 fully saturated rings. The van der Waals surface area contributed by atoms with E-state index >= 15 is 0 Å². The highest BCUT2D eigenvalue weighted by atomic mass is 16.5. The summed E-state index contributed by atoms with van der Waals surface area (Å²) < 4.78 is 5.11. The number of amides is 1. The van der Waals surface area contributed by atoms with Crippen molar-refractivity contribution in [3.05, 3.63) is 35.0 Å². The Balaban J connectivity index is 1.54. The zero-order valence-corrected chi connectivity index (χ0v) is 15.5.